The van der Waals surface area contributed by atoms with Gasteiger partial charge in [0.05, 0.1) is 7.11 Å². The van der Waals surface area contributed by atoms with Crippen LogP contribution in [-0.2, 0) is 19.0 Å². The average molecular weight is 327 g/mol. The zero-order valence-electron chi connectivity index (χ0n) is 12.7. The minimum atomic E-state index is -1.16. The number of ether oxygens (including phenoxy) is 3. The molecule has 1 aromatic rings. The molecular formula is C14H17NO6S. The van der Waals surface area contributed by atoms with Gasteiger partial charge in [0.2, 0.25) is 0 Å². The van der Waals surface area contributed by atoms with Gasteiger partial charge < -0.3 is 14.2 Å². The molecule has 0 fully saturated rings. The number of carbonyl (C=O) groups excluding carboxylic acids is 3. The summed E-state index contributed by atoms with van der Waals surface area (Å²) in [6.45, 7) is 4.88. The Morgan fingerprint density at radius 3 is 2.45 bits per heavy atom. The lowest BCUT2D eigenvalue weighted by molar-refractivity contribution is -0.136. The van der Waals surface area contributed by atoms with Crippen molar-refractivity contribution >= 4 is 35.6 Å². The Hall–Kier alpha value is -2.35. The average Bonchev–Trinajstić information content (AvgIpc) is 2.87. The monoisotopic (exact) mass is 327 g/mol. The van der Waals surface area contributed by atoms with Crippen LogP contribution in [0.15, 0.2) is 23.2 Å². The Balaban J connectivity index is 2.72. The lowest BCUT2D eigenvalue weighted by atomic mass is 10.2. The molecule has 0 aliphatic heterocycles. The molecule has 0 spiro atoms. The first-order valence-electron chi connectivity index (χ1n) is 6.26. The molecule has 0 aromatic carbocycles. The molecule has 120 valence electrons. The summed E-state index contributed by atoms with van der Waals surface area (Å²) in [5.41, 5.74) is -0.950. The van der Waals surface area contributed by atoms with E-state index in [1.165, 1.54) is 24.5 Å². The first kappa shape index (κ1) is 17.7. The van der Waals surface area contributed by atoms with Crippen molar-refractivity contribution in [3.8, 4) is 0 Å². The smallest absolute Gasteiger partial charge is 0.464 e. The van der Waals surface area contributed by atoms with Crippen molar-refractivity contribution in [1.29, 1.82) is 0 Å². The first-order valence-corrected chi connectivity index (χ1v) is 7.14. The summed E-state index contributed by atoms with van der Waals surface area (Å²) in [7, 11) is 1.17. The first-order chi connectivity index (χ1) is 10.2. The van der Waals surface area contributed by atoms with Crippen LogP contribution < -0.4 is 5.32 Å². The van der Waals surface area contributed by atoms with Crippen LogP contribution in [-0.4, -0.2) is 30.9 Å². The summed E-state index contributed by atoms with van der Waals surface area (Å²) in [5, 5.41) is 3.96. The third kappa shape index (κ3) is 6.40. The van der Waals surface area contributed by atoms with Gasteiger partial charge in [-0.1, -0.05) is 6.07 Å². The van der Waals surface area contributed by atoms with Crippen LogP contribution in [0, 0.1) is 0 Å². The normalized spacial score (nSPS) is 11.5. The molecule has 1 heterocycles. The minimum absolute atomic E-state index is 0.154. The van der Waals surface area contributed by atoms with Crippen molar-refractivity contribution < 1.29 is 28.6 Å². The molecule has 0 bridgehead atoms. The zero-order valence-corrected chi connectivity index (χ0v) is 13.5. The highest BCUT2D eigenvalue weighted by Gasteiger charge is 2.22. The number of hydrogen-bond acceptors (Lipinski definition) is 7. The fourth-order valence-electron chi connectivity index (χ4n) is 1.25. The van der Waals surface area contributed by atoms with Gasteiger partial charge in [0.1, 0.15) is 11.3 Å². The van der Waals surface area contributed by atoms with E-state index >= 15 is 0 Å². The van der Waals surface area contributed by atoms with Crippen molar-refractivity contribution in [3.05, 3.63) is 28.1 Å². The van der Waals surface area contributed by atoms with E-state index in [-0.39, 0.29) is 5.70 Å². The summed E-state index contributed by atoms with van der Waals surface area (Å²) in [5.74, 6) is -0.769. The fraction of sp³-hybridized carbons (Fsp3) is 0.357. The van der Waals surface area contributed by atoms with Crippen LogP contribution in [0.25, 0.3) is 6.08 Å². The van der Waals surface area contributed by atoms with Gasteiger partial charge in [-0.3, -0.25) is 5.32 Å². The number of methoxy groups -OCH3 is 1. The summed E-state index contributed by atoms with van der Waals surface area (Å²) < 4.78 is 13.8. The van der Waals surface area contributed by atoms with Gasteiger partial charge in [0, 0.05) is 4.88 Å². The number of esters is 1. The summed E-state index contributed by atoms with van der Waals surface area (Å²) in [4.78, 5) is 35.3. The predicted octanol–water partition coefficient (Wildman–Crippen LogP) is 2.92. The molecule has 0 radical (unpaired) electrons. The molecule has 1 rings (SSSR count). The molecule has 0 unspecified atom stereocenters. The fourth-order valence-corrected chi connectivity index (χ4v) is 1.91. The number of carbonyl (C=O) groups is 3. The maximum Gasteiger partial charge on any atom is 0.517 e. The largest absolute Gasteiger partial charge is 0.517 e. The van der Waals surface area contributed by atoms with Gasteiger partial charge in [-0.25, -0.2) is 14.4 Å². The van der Waals surface area contributed by atoms with Gasteiger partial charge in [-0.05, 0) is 38.3 Å². The van der Waals surface area contributed by atoms with Crippen molar-refractivity contribution in [3.63, 3.8) is 0 Å². The Bertz CT molecular complexity index is 571. The third-order valence-corrected chi connectivity index (χ3v) is 2.86. The molecule has 0 atom stereocenters. The van der Waals surface area contributed by atoms with E-state index in [0.717, 1.165) is 4.88 Å². The Labute approximate surface area is 131 Å². The van der Waals surface area contributed by atoms with Gasteiger partial charge in [-0.2, -0.15) is 0 Å². The number of hydrogen-bond donors (Lipinski definition) is 1. The molecule has 0 aliphatic carbocycles. The molecule has 8 heteroatoms. The molecule has 1 N–H and O–H groups in total. The van der Waals surface area contributed by atoms with Crippen molar-refractivity contribution in [2.45, 2.75) is 26.4 Å². The number of rotatable bonds is 3. The zero-order chi connectivity index (χ0) is 16.8. The van der Waals surface area contributed by atoms with Crippen LogP contribution in [0.5, 0.6) is 0 Å². The van der Waals surface area contributed by atoms with Gasteiger partial charge in [0.15, 0.2) is 0 Å². The highest BCUT2D eigenvalue weighted by Crippen LogP contribution is 2.13. The maximum absolute atomic E-state index is 11.6. The molecule has 0 aliphatic rings. The van der Waals surface area contributed by atoms with Crippen molar-refractivity contribution in [1.82, 2.24) is 5.32 Å². The van der Waals surface area contributed by atoms with Crippen LogP contribution in [0.1, 0.15) is 25.6 Å². The van der Waals surface area contributed by atoms with E-state index in [0.29, 0.717) is 0 Å². The van der Waals surface area contributed by atoms with E-state index in [1.807, 2.05) is 0 Å². The number of alkyl carbamates (subject to hydrolysis) is 1. The predicted molar refractivity (Wildman–Crippen MR) is 80.2 cm³/mol. The number of nitrogens with one attached hydrogen (secondary N) is 1. The summed E-state index contributed by atoms with van der Waals surface area (Å²) in [6.07, 6.45) is -0.889. The van der Waals surface area contributed by atoms with Gasteiger partial charge in [-0.15, -0.1) is 11.3 Å². The van der Waals surface area contributed by atoms with E-state index in [1.54, 1.807) is 38.3 Å². The third-order valence-electron chi connectivity index (χ3n) is 2.04. The molecule has 22 heavy (non-hydrogen) atoms. The molecule has 7 nitrogen and oxygen atoms in total. The second kappa shape index (κ2) is 7.60. The van der Waals surface area contributed by atoms with E-state index in [9.17, 15) is 14.4 Å². The lowest BCUT2D eigenvalue weighted by Crippen LogP contribution is -2.33. The van der Waals surface area contributed by atoms with Crippen molar-refractivity contribution in [2.24, 2.45) is 0 Å². The number of amides is 1. The molecule has 0 saturated heterocycles. The summed E-state index contributed by atoms with van der Waals surface area (Å²) >= 11 is 1.36. The van der Waals surface area contributed by atoms with Crippen LogP contribution in [0.4, 0.5) is 9.59 Å². The van der Waals surface area contributed by atoms with E-state index in [2.05, 4.69) is 14.8 Å². The highest BCUT2D eigenvalue weighted by atomic mass is 32.1. The van der Waals surface area contributed by atoms with Gasteiger partial charge in [0.25, 0.3) is 0 Å². The standard InChI is InChI=1S/C14H17NO6S/c1-14(2,3)21-13(18)20-12(17)15-10(11(16)19-4)8-9-6-5-7-22-9/h5-8H,1-4H3,(H,15,17)/b10-8-. The van der Waals surface area contributed by atoms with E-state index < -0.39 is 23.8 Å². The molecule has 1 aromatic heterocycles. The summed E-state index contributed by atoms with van der Waals surface area (Å²) in [6, 6.07) is 3.53. The van der Waals surface area contributed by atoms with Crippen LogP contribution in [0.3, 0.4) is 0 Å². The second-order valence-corrected chi connectivity index (χ2v) is 6.02. The van der Waals surface area contributed by atoms with Crippen LogP contribution >= 0.6 is 11.3 Å². The topological polar surface area (TPSA) is 90.9 Å². The SMILES string of the molecule is COC(=O)/C(=C/c1cccs1)NC(=O)OC(=O)OC(C)(C)C. The minimum Gasteiger partial charge on any atom is -0.464 e. The number of thiophene rings is 1. The lowest BCUT2D eigenvalue weighted by Gasteiger charge is -2.18. The van der Waals surface area contributed by atoms with Gasteiger partial charge >= 0.3 is 18.2 Å². The van der Waals surface area contributed by atoms with Crippen LogP contribution in [0.2, 0.25) is 0 Å². The Kier molecular flexibility index (Phi) is 6.11. The van der Waals surface area contributed by atoms with Crippen molar-refractivity contribution in [2.75, 3.05) is 7.11 Å². The van der Waals surface area contributed by atoms with E-state index in [4.69, 9.17) is 4.74 Å². The second-order valence-electron chi connectivity index (χ2n) is 5.04. The Morgan fingerprint density at radius 2 is 1.95 bits per heavy atom. The highest BCUT2D eigenvalue weighted by molar-refractivity contribution is 7.10. The quantitative estimate of drug-likeness (QED) is 0.521. The Morgan fingerprint density at radius 1 is 1.27 bits per heavy atom. The maximum atomic E-state index is 11.6. The molecular weight excluding hydrogens is 310 g/mol. The molecule has 0 saturated carbocycles. The molecule has 1 amide bonds.